The van der Waals surface area contributed by atoms with Crippen LogP contribution in [0.15, 0.2) is 65.6 Å². The van der Waals surface area contributed by atoms with Gasteiger partial charge in [0, 0.05) is 23.7 Å². The van der Waals surface area contributed by atoms with E-state index in [-0.39, 0.29) is 33.3 Å². The summed E-state index contributed by atoms with van der Waals surface area (Å²) in [5.41, 5.74) is -0.243. The van der Waals surface area contributed by atoms with E-state index >= 15 is 0 Å². The molecule has 3 aromatic rings. The van der Waals surface area contributed by atoms with Gasteiger partial charge in [-0.1, -0.05) is 23.7 Å². The molecule has 0 bridgehead atoms. The first-order valence-corrected chi connectivity index (χ1v) is 10.8. The van der Waals surface area contributed by atoms with Crippen LogP contribution in [0.2, 0.25) is 5.02 Å². The highest BCUT2D eigenvalue weighted by Gasteiger charge is 2.22. The molecule has 0 aliphatic heterocycles. The fourth-order valence-electron chi connectivity index (χ4n) is 2.80. The van der Waals surface area contributed by atoms with Crippen molar-refractivity contribution in [2.75, 3.05) is 22.4 Å². The van der Waals surface area contributed by atoms with Crippen LogP contribution in [0, 0.1) is 15.9 Å². The van der Waals surface area contributed by atoms with Gasteiger partial charge in [-0.05, 0) is 42.5 Å². The normalized spacial score (nSPS) is 11.0. The van der Waals surface area contributed by atoms with Crippen molar-refractivity contribution in [1.82, 2.24) is 0 Å². The molecule has 3 rings (SSSR count). The summed E-state index contributed by atoms with van der Waals surface area (Å²) in [5, 5.41) is 16.6. The van der Waals surface area contributed by atoms with Crippen molar-refractivity contribution in [2.24, 2.45) is 0 Å². The second kappa shape index (κ2) is 9.20. The summed E-state index contributed by atoms with van der Waals surface area (Å²) < 4.78 is 41.4. The van der Waals surface area contributed by atoms with Crippen molar-refractivity contribution < 1.29 is 22.5 Å². The molecule has 166 valence electrons. The highest BCUT2D eigenvalue weighted by atomic mass is 35.5. The van der Waals surface area contributed by atoms with Gasteiger partial charge in [-0.3, -0.25) is 19.6 Å². The first-order chi connectivity index (χ1) is 15.1. The number of anilines is 3. The molecule has 0 unspecified atom stereocenters. The zero-order chi connectivity index (χ0) is 23.5. The summed E-state index contributed by atoms with van der Waals surface area (Å²) in [7, 11) is -2.82. The number of carbonyl (C=O) groups is 1. The number of hydrogen-bond donors (Lipinski definition) is 3. The number of nitro benzene ring substituents is 1. The van der Waals surface area contributed by atoms with Gasteiger partial charge in [0.15, 0.2) is 0 Å². The van der Waals surface area contributed by atoms with Crippen LogP contribution in [0.5, 0.6) is 0 Å². The number of carbonyl (C=O) groups excluding carboxylic acids is 1. The minimum absolute atomic E-state index is 0.0252. The van der Waals surface area contributed by atoms with Gasteiger partial charge in [0.2, 0.25) is 0 Å². The van der Waals surface area contributed by atoms with Crippen LogP contribution < -0.4 is 15.4 Å². The fourth-order valence-corrected chi connectivity index (χ4v) is 4.13. The lowest BCUT2D eigenvalue weighted by Gasteiger charge is -2.14. The lowest BCUT2D eigenvalue weighted by Crippen LogP contribution is -2.18. The number of sulfonamides is 1. The van der Waals surface area contributed by atoms with Crippen molar-refractivity contribution >= 4 is 50.3 Å². The van der Waals surface area contributed by atoms with Gasteiger partial charge in [0.05, 0.1) is 16.3 Å². The van der Waals surface area contributed by atoms with Crippen molar-refractivity contribution in [2.45, 2.75) is 4.90 Å². The van der Waals surface area contributed by atoms with Crippen LogP contribution in [0.3, 0.4) is 0 Å². The van der Waals surface area contributed by atoms with Gasteiger partial charge >= 0.3 is 0 Å². The van der Waals surface area contributed by atoms with Crippen LogP contribution in [0.1, 0.15) is 10.4 Å². The molecule has 0 aromatic heterocycles. The van der Waals surface area contributed by atoms with E-state index in [4.69, 9.17) is 11.6 Å². The summed E-state index contributed by atoms with van der Waals surface area (Å²) in [6.45, 7) is 0. The molecule has 0 heterocycles. The molecule has 0 atom stereocenters. The van der Waals surface area contributed by atoms with E-state index in [2.05, 4.69) is 15.4 Å². The van der Waals surface area contributed by atoms with E-state index < -0.39 is 31.6 Å². The molecule has 0 aliphatic rings. The number of nitro groups is 1. The zero-order valence-corrected chi connectivity index (χ0v) is 18.0. The van der Waals surface area contributed by atoms with Crippen LogP contribution in [-0.4, -0.2) is 26.3 Å². The maximum absolute atomic E-state index is 14.0. The molecule has 3 N–H and O–H groups in total. The molecular weight excluding hydrogens is 463 g/mol. The van der Waals surface area contributed by atoms with E-state index in [1.54, 1.807) is 0 Å². The van der Waals surface area contributed by atoms with Gasteiger partial charge in [0.1, 0.15) is 16.4 Å². The summed E-state index contributed by atoms with van der Waals surface area (Å²) >= 11 is 5.98. The van der Waals surface area contributed by atoms with E-state index in [1.807, 2.05) is 0 Å². The Labute approximate surface area is 187 Å². The molecular formula is C20H16ClFN4O5S. The first-order valence-electron chi connectivity index (χ1n) is 8.97. The van der Waals surface area contributed by atoms with Crippen molar-refractivity contribution in [1.29, 1.82) is 0 Å². The van der Waals surface area contributed by atoms with E-state index in [9.17, 15) is 27.7 Å². The molecule has 0 spiro atoms. The average Bonchev–Trinajstić information content (AvgIpc) is 2.75. The lowest BCUT2D eigenvalue weighted by atomic mass is 10.1. The van der Waals surface area contributed by atoms with Crippen LogP contribution in [0.4, 0.5) is 27.1 Å². The van der Waals surface area contributed by atoms with Gasteiger partial charge in [0.25, 0.3) is 21.6 Å². The SMILES string of the molecule is CNc1ccc(C(=O)Nc2cc(Cl)ccc2NS(=O)(=O)c2ccccc2F)cc1[N+](=O)[O-]. The number of amides is 1. The number of hydrogen-bond acceptors (Lipinski definition) is 6. The van der Waals surface area contributed by atoms with Gasteiger partial charge in [-0.2, -0.15) is 0 Å². The second-order valence-corrected chi connectivity index (χ2v) is 8.51. The Hall–Kier alpha value is -3.70. The molecule has 0 radical (unpaired) electrons. The molecule has 0 fully saturated rings. The summed E-state index contributed by atoms with van der Waals surface area (Å²) in [5.74, 6) is -1.69. The second-order valence-electron chi connectivity index (χ2n) is 6.42. The molecule has 0 saturated heterocycles. The fraction of sp³-hybridized carbons (Fsp3) is 0.0500. The zero-order valence-electron chi connectivity index (χ0n) is 16.4. The minimum atomic E-state index is -4.32. The molecule has 9 nitrogen and oxygen atoms in total. The smallest absolute Gasteiger partial charge is 0.293 e. The topological polar surface area (TPSA) is 130 Å². The van der Waals surface area contributed by atoms with Crippen LogP contribution >= 0.6 is 11.6 Å². The van der Waals surface area contributed by atoms with Crippen molar-refractivity contribution in [3.05, 3.63) is 87.2 Å². The third kappa shape index (κ3) is 4.95. The Morgan fingerprint density at radius 2 is 1.72 bits per heavy atom. The Bertz CT molecular complexity index is 1320. The van der Waals surface area contributed by atoms with Gasteiger partial charge in [-0.25, -0.2) is 12.8 Å². The lowest BCUT2D eigenvalue weighted by molar-refractivity contribution is -0.384. The molecule has 0 saturated carbocycles. The summed E-state index contributed by atoms with van der Waals surface area (Å²) in [4.78, 5) is 22.7. The predicted molar refractivity (Wildman–Crippen MR) is 119 cm³/mol. The Morgan fingerprint density at radius 1 is 1.03 bits per heavy atom. The highest BCUT2D eigenvalue weighted by Crippen LogP contribution is 2.30. The van der Waals surface area contributed by atoms with Crippen LogP contribution in [0.25, 0.3) is 0 Å². The Balaban J connectivity index is 1.94. The summed E-state index contributed by atoms with van der Waals surface area (Å²) in [6, 6.07) is 12.6. The van der Waals surface area contributed by atoms with E-state index in [0.29, 0.717) is 0 Å². The van der Waals surface area contributed by atoms with Crippen LogP contribution in [-0.2, 0) is 10.0 Å². The average molecular weight is 479 g/mol. The summed E-state index contributed by atoms with van der Waals surface area (Å²) in [6.07, 6.45) is 0. The van der Waals surface area contributed by atoms with E-state index in [0.717, 1.165) is 18.2 Å². The molecule has 32 heavy (non-hydrogen) atoms. The maximum Gasteiger partial charge on any atom is 0.293 e. The quantitative estimate of drug-likeness (QED) is 0.339. The number of halogens is 2. The Kier molecular flexibility index (Phi) is 6.61. The van der Waals surface area contributed by atoms with Gasteiger partial charge in [-0.15, -0.1) is 0 Å². The third-order valence-electron chi connectivity index (χ3n) is 4.33. The third-order valence-corrected chi connectivity index (χ3v) is 5.96. The molecule has 3 aromatic carbocycles. The monoisotopic (exact) mass is 478 g/mol. The number of nitrogens with one attached hydrogen (secondary N) is 3. The minimum Gasteiger partial charge on any atom is -0.383 e. The highest BCUT2D eigenvalue weighted by molar-refractivity contribution is 7.92. The van der Waals surface area contributed by atoms with Crippen molar-refractivity contribution in [3.8, 4) is 0 Å². The van der Waals surface area contributed by atoms with Crippen molar-refractivity contribution in [3.63, 3.8) is 0 Å². The number of benzene rings is 3. The van der Waals surface area contributed by atoms with Gasteiger partial charge < -0.3 is 10.6 Å². The molecule has 0 aliphatic carbocycles. The van der Waals surface area contributed by atoms with E-state index in [1.165, 1.54) is 49.5 Å². The Morgan fingerprint density at radius 3 is 2.38 bits per heavy atom. The standard InChI is InChI=1S/C20H16ClFN4O5S/c1-23-16-8-6-12(10-18(16)26(28)29)20(27)24-17-11-13(21)7-9-15(17)25-32(30,31)19-5-3-2-4-14(19)22/h2-11,23,25H,1H3,(H,24,27). The molecule has 1 amide bonds. The molecule has 12 heteroatoms. The predicted octanol–water partition coefficient (Wildman–Crippen LogP) is 4.48. The number of rotatable bonds is 7. The maximum atomic E-state index is 14.0. The number of nitrogens with zero attached hydrogens (tertiary/aromatic N) is 1. The first kappa shape index (κ1) is 23.0. The largest absolute Gasteiger partial charge is 0.383 e.